The minimum atomic E-state index is -0.0836. The maximum absolute atomic E-state index is 9.48. The second-order valence-corrected chi connectivity index (χ2v) is 4.80. The second kappa shape index (κ2) is 5.36. The Bertz CT molecular complexity index is 582. The Morgan fingerprint density at radius 2 is 1.79 bits per heavy atom. The van der Waals surface area contributed by atoms with Crippen LogP contribution in [0.3, 0.4) is 0 Å². The van der Waals surface area contributed by atoms with E-state index in [1.807, 2.05) is 19.9 Å². The number of rotatable bonds is 3. The molecular formula is C14H15ClN2O2. The molecule has 0 saturated heterocycles. The molecule has 1 heterocycles. The van der Waals surface area contributed by atoms with Gasteiger partial charge in [-0.05, 0) is 43.7 Å². The Morgan fingerprint density at radius 1 is 1.16 bits per heavy atom. The molecule has 0 radical (unpaired) electrons. The number of aromatic hydroxyl groups is 2. The fourth-order valence-corrected chi connectivity index (χ4v) is 2.06. The molecule has 0 bridgehead atoms. The minimum absolute atomic E-state index is 0.0367. The highest BCUT2D eigenvalue weighted by Crippen LogP contribution is 2.28. The number of hydrogen-bond acceptors (Lipinski definition) is 4. The summed E-state index contributed by atoms with van der Waals surface area (Å²) in [6.07, 6.45) is 0. The number of aromatic nitrogens is 1. The molecule has 0 aliphatic carbocycles. The van der Waals surface area contributed by atoms with Gasteiger partial charge in [0, 0.05) is 12.1 Å². The van der Waals surface area contributed by atoms with E-state index >= 15 is 0 Å². The van der Waals surface area contributed by atoms with Gasteiger partial charge >= 0.3 is 0 Å². The van der Waals surface area contributed by atoms with E-state index < -0.39 is 0 Å². The van der Waals surface area contributed by atoms with Crippen LogP contribution in [0.5, 0.6) is 11.5 Å². The van der Waals surface area contributed by atoms with Crippen LogP contribution in [0.4, 0.5) is 5.69 Å². The second-order valence-electron chi connectivity index (χ2n) is 4.42. The number of nitrogens with one attached hydrogen (secondary N) is 1. The van der Waals surface area contributed by atoms with E-state index in [2.05, 4.69) is 10.3 Å². The summed E-state index contributed by atoms with van der Waals surface area (Å²) in [5.41, 5.74) is 2.44. The fraction of sp³-hybridized carbons (Fsp3) is 0.214. The summed E-state index contributed by atoms with van der Waals surface area (Å²) in [4.78, 5) is 4.16. The van der Waals surface area contributed by atoms with Crippen LogP contribution >= 0.6 is 11.6 Å². The van der Waals surface area contributed by atoms with E-state index in [0.717, 1.165) is 16.9 Å². The van der Waals surface area contributed by atoms with Crippen molar-refractivity contribution in [1.29, 1.82) is 0 Å². The molecule has 1 aromatic carbocycles. The summed E-state index contributed by atoms with van der Waals surface area (Å²) in [6, 6.07) is 7.99. The third-order valence-corrected chi connectivity index (χ3v) is 3.06. The molecule has 0 fully saturated rings. The Labute approximate surface area is 116 Å². The number of pyridine rings is 1. The molecule has 19 heavy (non-hydrogen) atoms. The zero-order chi connectivity index (χ0) is 14.0. The van der Waals surface area contributed by atoms with Crippen molar-refractivity contribution >= 4 is 17.3 Å². The lowest BCUT2D eigenvalue weighted by molar-refractivity contribution is 0.448. The number of benzene rings is 1. The SMILES string of the molecule is Cc1nc(Cl)ccc1NC(C)c1cc(O)cc(O)c1. The number of nitrogens with zero attached hydrogens (tertiary/aromatic N) is 1. The lowest BCUT2D eigenvalue weighted by atomic mass is 10.1. The maximum atomic E-state index is 9.48. The van der Waals surface area contributed by atoms with Gasteiger partial charge in [0.15, 0.2) is 0 Å². The zero-order valence-electron chi connectivity index (χ0n) is 10.7. The summed E-state index contributed by atoms with van der Waals surface area (Å²) >= 11 is 5.81. The van der Waals surface area contributed by atoms with Crippen LogP contribution in [-0.4, -0.2) is 15.2 Å². The number of aryl methyl sites for hydroxylation is 1. The van der Waals surface area contributed by atoms with Gasteiger partial charge in [0.1, 0.15) is 16.7 Å². The summed E-state index contributed by atoms with van der Waals surface area (Å²) in [5, 5.41) is 22.7. The smallest absolute Gasteiger partial charge is 0.129 e. The molecule has 1 atom stereocenters. The number of phenolic OH excluding ortho intramolecular Hbond substituents is 2. The lowest BCUT2D eigenvalue weighted by Gasteiger charge is -2.17. The van der Waals surface area contributed by atoms with Gasteiger partial charge < -0.3 is 15.5 Å². The van der Waals surface area contributed by atoms with Crippen LogP contribution in [0.2, 0.25) is 5.15 Å². The van der Waals surface area contributed by atoms with Crippen molar-refractivity contribution in [3.63, 3.8) is 0 Å². The van der Waals surface area contributed by atoms with Gasteiger partial charge in [0.2, 0.25) is 0 Å². The van der Waals surface area contributed by atoms with Crippen molar-refractivity contribution in [2.75, 3.05) is 5.32 Å². The molecule has 0 spiro atoms. The van der Waals surface area contributed by atoms with Gasteiger partial charge in [0.05, 0.1) is 11.4 Å². The third kappa shape index (κ3) is 3.29. The fourth-order valence-electron chi connectivity index (χ4n) is 1.87. The standard InChI is InChI=1S/C14H15ClN2O2/c1-8(10-5-11(18)7-12(19)6-10)16-13-3-4-14(15)17-9(13)2/h3-8,16,18-19H,1-2H3. The Balaban J connectivity index is 2.22. The van der Waals surface area contributed by atoms with E-state index in [-0.39, 0.29) is 17.5 Å². The van der Waals surface area contributed by atoms with Gasteiger partial charge in [-0.3, -0.25) is 0 Å². The van der Waals surface area contributed by atoms with Crippen molar-refractivity contribution in [2.24, 2.45) is 0 Å². The van der Waals surface area contributed by atoms with Crippen LogP contribution < -0.4 is 5.32 Å². The summed E-state index contributed by atoms with van der Waals surface area (Å²) in [7, 11) is 0. The molecule has 0 saturated carbocycles. The summed E-state index contributed by atoms with van der Waals surface area (Å²) < 4.78 is 0. The number of anilines is 1. The van der Waals surface area contributed by atoms with Crippen LogP contribution in [-0.2, 0) is 0 Å². The molecule has 4 nitrogen and oxygen atoms in total. The molecule has 0 amide bonds. The molecule has 2 aromatic rings. The molecule has 3 N–H and O–H groups in total. The van der Waals surface area contributed by atoms with Gasteiger partial charge in [-0.1, -0.05) is 11.6 Å². The summed E-state index contributed by atoms with van der Waals surface area (Å²) in [6.45, 7) is 3.79. The molecule has 1 aromatic heterocycles. The Kier molecular flexibility index (Phi) is 3.81. The Hall–Kier alpha value is -1.94. The third-order valence-electron chi connectivity index (χ3n) is 2.85. The highest BCUT2D eigenvalue weighted by Gasteiger charge is 2.10. The van der Waals surface area contributed by atoms with Gasteiger partial charge in [0.25, 0.3) is 0 Å². The quantitative estimate of drug-likeness (QED) is 0.750. The van der Waals surface area contributed by atoms with E-state index in [1.165, 1.54) is 6.07 Å². The van der Waals surface area contributed by atoms with Crippen LogP contribution in [0.15, 0.2) is 30.3 Å². The predicted octanol–water partition coefficient (Wildman–Crippen LogP) is 3.63. The van der Waals surface area contributed by atoms with Crippen molar-refractivity contribution < 1.29 is 10.2 Å². The number of halogens is 1. The first-order chi connectivity index (χ1) is 8.95. The molecule has 0 aliphatic rings. The monoisotopic (exact) mass is 278 g/mol. The van der Waals surface area contributed by atoms with Crippen LogP contribution in [0.1, 0.15) is 24.2 Å². The topological polar surface area (TPSA) is 65.4 Å². The largest absolute Gasteiger partial charge is 0.508 e. The average Bonchev–Trinajstić information content (AvgIpc) is 2.31. The minimum Gasteiger partial charge on any atom is -0.508 e. The number of hydrogen-bond donors (Lipinski definition) is 3. The van der Waals surface area contributed by atoms with Crippen molar-refractivity contribution in [3.8, 4) is 11.5 Å². The first-order valence-corrected chi connectivity index (χ1v) is 6.26. The lowest BCUT2D eigenvalue weighted by Crippen LogP contribution is -2.08. The highest BCUT2D eigenvalue weighted by molar-refractivity contribution is 6.29. The molecule has 0 aliphatic heterocycles. The van der Waals surface area contributed by atoms with E-state index in [4.69, 9.17) is 11.6 Å². The maximum Gasteiger partial charge on any atom is 0.129 e. The predicted molar refractivity (Wildman–Crippen MR) is 75.8 cm³/mol. The van der Waals surface area contributed by atoms with Crippen LogP contribution in [0, 0.1) is 6.92 Å². The normalized spacial score (nSPS) is 12.2. The molecule has 2 rings (SSSR count). The summed E-state index contributed by atoms with van der Waals surface area (Å²) in [5.74, 6) is 0.0733. The van der Waals surface area contributed by atoms with Crippen LogP contribution in [0.25, 0.3) is 0 Å². The first kappa shape index (κ1) is 13.5. The number of phenols is 2. The molecular weight excluding hydrogens is 264 g/mol. The zero-order valence-corrected chi connectivity index (χ0v) is 11.4. The van der Waals surface area contributed by atoms with Crippen molar-refractivity contribution in [2.45, 2.75) is 19.9 Å². The molecule has 5 heteroatoms. The Morgan fingerprint density at radius 3 is 2.37 bits per heavy atom. The molecule has 100 valence electrons. The highest BCUT2D eigenvalue weighted by atomic mass is 35.5. The molecule has 1 unspecified atom stereocenters. The van der Waals surface area contributed by atoms with Gasteiger partial charge in [-0.15, -0.1) is 0 Å². The van der Waals surface area contributed by atoms with E-state index in [1.54, 1.807) is 18.2 Å². The van der Waals surface area contributed by atoms with E-state index in [9.17, 15) is 10.2 Å². The van der Waals surface area contributed by atoms with Crippen molar-refractivity contribution in [3.05, 3.63) is 46.7 Å². The van der Waals surface area contributed by atoms with Gasteiger partial charge in [-0.2, -0.15) is 0 Å². The van der Waals surface area contributed by atoms with Gasteiger partial charge in [-0.25, -0.2) is 4.98 Å². The first-order valence-electron chi connectivity index (χ1n) is 5.88. The average molecular weight is 279 g/mol. The van der Waals surface area contributed by atoms with E-state index in [0.29, 0.717) is 5.15 Å². The van der Waals surface area contributed by atoms with Crippen molar-refractivity contribution in [1.82, 2.24) is 4.98 Å².